The van der Waals surface area contributed by atoms with Gasteiger partial charge >= 0.3 is 0 Å². The molecule has 1 atom stereocenters. The summed E-state index contributed by atoms with van der Waals surface area (Å²) in [7, 11) is 0. The van der Waals surface area contributed by atoms with E-state index in [2.05, 4.69) is 82.0 Å². The summed E-state index contributed by atoms with van der Waals surface area (Å²) in [6.45, 7) is 14.3. The van der Waals surface area contributed by atoms with E-state index in [4.69, 9.17) is 4.99 Å². The number of hydrogen-bond donors (Lipinski definition) is 1. The van der Waals surface area contributed by atoms with Gasteiger partial charge in [0, 0.05) is 23.4 Å². The lowest BCUT2D eigenvalue weighted by Crippen LogP contribution is -2.09. The lowest BCUT2D eigenvalue weighted by atomic mass is 9.84. The number of aryl methyl sites for hydroxylation is 2. The minimum absolute atomic E-state index is 0.120. The molecule has 0 saturated heterocycles. The number of benzene rings is 3. The molecule has 0 spiro atoms. The zero-order chi connectivity index (χ0) is 22.5. The van der Waals surface area contributed by atoms with E-state index in [0.29, 0.717) is 0 Å². The first-order valence-electron chi connectivity index (χ1n) is 11.0. The van der Waals surface area contributed by atoms with Crippen molar-refractivity contribution in [2.75, 3.05) is 0 Å². The quantitative estimate of drug-likeness (QED) is 0.310. The highest BCUT2D eigenvalue weighted by atomic mass is 16.3. The van der Waals surface area contributed by atoms with E-state index in [1.807, 2.05) is 20.1 Å². The van der Waals surface area contributed by atoms with Crippen LogP contribution in [0.3, 0.4) is 0 Å². The summed E-state index contributed by atoms with van der Waals surface area (Å²) in [6, 6.07) is 17.2. The van der Waals surface area contributed by atoms with Crippen LogP contribution < -0.4 is 0 Å². The smallest absolute Gasteiger partial charge is 0.116 e. The normalized spacial score (nSPS) is 13.1. The highest BCUT2D eigenvalue weighted by Gasteiger charge is 2.20. The van der Waals surface area contributed by atoms with Gasteiger partial charge in [0.25, 0.3) is 0 Å². The Balaban J connectivity index is 2.12. The van der Waals surface area contributed by atoms with Crippen molar-refractivity contribution in [2.45, 2.75) is 53.4 Å². The Morgan fingerprint density at radius 3 is 2.52 bits per heavy atom. The molecular weight excluding hydrogens is 378 g/mol. The van der Waals surface area contributed by atoms with E-state index in [0.717, 1.165) is 40.4 Å². The molecule has 0 amide bonds. The fourth-order valence-corrected chi connectivity index (χ4v) is 4.40. The average molecular weight is 412 g/mol. The maximum absolute atomic E-state index is 10.1. The zero-order valence-corrected chi connectivity index (χ0v) is 19.4. The Bertz CT molecular complexity index is 1170. The molecule has 0 aromatic heterocycles. The maximum Gasteiger partial charge on any atom is 0.116 e. The Morgan fingerprint density at radius 1 is 1.06 bits per heavy atom. The Hall–Kier alpha value is -3.13. The fourth-order valence-electron chi connectivity index (χ4n) is 4.40. The van der Waals surface area contributed by atoms with Gasteiger partial charge in [0.05, 0.1) is 0 Å². The predicted molar refractivity (Wildman–Crippen MR) is 135 cm³/mol. The van der Waals surface area contributed by atoms with Crippen molar-refractivity contribution in [3.8, 4) is 0 Å². The molecule has 160 valence electrons. The maximum atomic E-state index is 10.1. The highest BCUT2D eigenvalue weighted by molar-refractivity contribution is 5.93. The van der Waals surface area contributed by atoms with Gasteiger partial charge in [-0.15, -0.1) is 0 Å². The number of aliphatic hydroxyl groups is 1. The number of aliphatic hydroxyl groups excluding tert-OH is 1. The molecule has 2 heteroatoms. The van der Waals surface area contributed by atoms with Crippen molar-refractivity contribution in [1.82, 2.24) is 0 Å². The topological polar surface area (TPSA) is 32.6 Å². The Morgan fingerprint density at radius 2 is 1.84 bits per heavy atom. The van der Waals surface area contributed by atoms with Crippen LogP contribution in [0.1, 0.15) is 59.6 Å². The molecule has 1 unspecified atom stereocenters. The molecule has 0 bridgehead atoms. The second kappa shape index (κ2) is 9.78. The number of allylic oxidation sites excluding steroid dienone is 2. The van der Waals surface area contributed by atoms with E-state index >= 15 is 0 Å². The number of rotatable bonds is 7. The number of aliphatic imine (C=N–C) groups is 1. The van der Waals surface area contributed by atoms with Crippen molar-refractivity contribution in [2.24, 2.45) is 4.99 Å². The van der Waals surface area contributed by atoms with Gasteiger partial charge < -0.3 is 5.11 Å². The average Bonchev–Trinajstić information content (AvgIpc) is 2.74. The second-order valence-electron chi connectivity index (χ2n) is 8.23. The molecule has 3 rings (SSSR count). The molecule has 0 heterocycles. The van der Waals surface area contributed by atoms with Crippen molar-refractivity contribution in [1.29, 1.82) is 0 Å². The molecule has 2 nitrogen and oxygen atoms in total. The first-order valence-corrected chi connectivity index (χ1v) is 11.0. The molecule has 31 heavy (non-hydrogen) atoms. The largest absolute Gasteiger partial charge is 0.508 e. The van der Waals surface area contributed by atoms with E-state index in [-0.39, 0.29) is 11.7 Å². The minimum atomic E-state index is 0.120. The first kappa shape index (κ1) is 22.6. The molecule has 3 aromatic rings. The Labute approximate surface area is 186 Å². The summed E-state index contributed by atoms with van der Waals surface area (Å²) in [5, 5.41) is 12.3. The van der Waals surface area contributed by atoms with E-state index in [1.54, 1.807) is 0 Å². The summed E-state index contributed by atoms with van der Waals surface area (Å²) in [6.07, 6.45) is 5.95. The number of nitrogens with zero attached hydrogens (tertiary/aromatic N) is 1. The van der Waals surface area contributed by atoms with Gasteiger partial charge in [-0.05, 0) is 79.1 Å². The molecule has 0 fully saturated rings. The van der Waals surface area contributed by atoms with Crippen LogP contribution in [-0.4, -0.2) is 11.3 Å². The predicted octanol–water partition coefficient (Wildman–Crippen LogP) is 8.00. The van der Waals surface area contributed by atoms with Crippen LogP contribution in [0.5, 0.6) is 0 Å². The Kier molecular flexibility index (Phi) is 7.12. The van der Waals surface area contributed by atoms with Crippen molar-refractivity contribution < 1.29 is 5.11 Å². The van der Waals surface area contributed by atoms with Gasteiger partial charge in [0.1, 0.15) is 5.76 Å². The first-order chi connectivity index (χ1) is 14.9. The van der Waals surface area contributed by atoms with E-state index < -0.39 is 0 Å². The molecular formula is C29H33NO. The van der Waals surface area contributed by atoms with Gasteiger partial charge in [-0.2, -0.15) is 0 Å². The molecule has 3 aromatic carbocycles. The van der Waals surface area contributed by atoms with Gasteiger partial charge in [0.15, 0.2) is 0 Å². The van der Waals surface area contributed by atoms with Crippen LogP contribution >= 0.6 is 0 Å². The summed E-state index contributed by atoms with van der Waals surface area (Å²) in [4.78, 5) is 4.76. The molecule has 0 saturated carbocycles. The number of hydrogen-bond acceptors (Lipinski definition) is 2. The van der Waals surface area contributed by atoms with Gasteiger partial charge in [0.2, 0.25) is 0 Å². The number of fused-ring (bicyclic) bond motifs is 1. The zero-order valence-electron chi connectivity index (χ0n) is 19.4. The summed E-state index contributed by atoms with van der Waals surface area (Å²) < 4.78 is 0. The lowest BCUT2D eigenvalue weighted by Gasteiger charge is -2.22. The van der Waals surface area contributed by atoms with Crippen LogP contribution in [0.2, 0.25) is 0 Å². The van der Waals surface area contributed by atoms with Crippen LogP contribution in [0.15, 0.2) is 71.9 Å². The van der Waals surface area contributed by atoms with Gasteiger partial charge in [-0.3, -0.25) is 4.99 Å². The monoisotopic (exact) mass is 411 g/mol. The fraction of sp³-hybridized carbons (Fsp3) is 0.276. The van der Waals surface area contributed by atoms with Crippen LogP contribution in [0.4, 0.5) is 0 Å². The van der Waals surface area contributed by atoms with Gasteiger partial charge in [-0.25, -0.2) is 0 Å². The standard InChI is InChI=1S/C29H33NO/c1-7-10-28(30-8-2)27(25-12-9-11-19(3)21(25)5)18-23-14-16-26-24(17-23)15-13-20(4)29(26)22(6)31/h8-17,27,31H,6-7,18H2,1-5H3/b28-10-,30-8?. The van der Waals surface area contributed by atoms with Crippen molar-refractivity contribution >= 4 is 22.7 Å². The molecule has 0 aliphatic rings. The summed E-state index contributed by atoms with van der Waals surface area (Å²) >= 11 is 0. The minimum Gasteiger partial charge on any atom is -0.508 e. The van der Waals surface area contributed by atoms with Crippen molar-refractivity contribution in [3.05, 3.63) is 100 Å². The summed E-state index contributed by atoms with van der Waals surface area (Å²) in [5.41, 5.74) is 8.20. The molecule has 0 aliphatic heterocycles. The van der Waals surface area contributed by atoms with E-state index in [1.165, 1.54) is 22.3 Å². The van der Waals surface area contributed by atoms with Crippen molar-refractivity contribution in [3.63, 3.8) is 0 Å². The molecule has 0 radical (unpaired) electrons. The third-order valence-electron chi connectivity index (χ3n) is 6.09. The SMILES string of the molecule is C=C(O)c1c(C)ccc2cc(CC(/C(=C/CC)N=CC)c3cccc(C)c3C)ccc12. The van der Waals surface area contributed by atoms with Crippen LogP contribution in [-0.2, 0) is 6.42 Å². The highest BCUT2D eigenvalue weighted by Crippen LogP contribution is 2.34. The van der Waals surface area contributed by atoms with Gasteiger partial charge in [-0.1, -0.05) is 68.1 Å². The van der Waals surface area contributed by atoms with Crippen LogP contribution in [0.25, 0.3) is 16.5 Å². The van der Waals surface area contributed by atoms with E-state index in [9.17, 15) is 5.11 Å². The molecule has 0 aliphatic carbocycles. The lowest BCUT2D eigenvalue weighted by molar-refractivity contribution is 0.514. The molecule has 1 N–H and O–H groups in total. The third-order valence-corrected chi connectivity index (χ3v) is 6.09. The summed E-state index contributed by atoms with van der Waals surface area (Å²) in [5.74, 6) is 0.306. The third kappa shape index (κ3) is 4.80. The second-order valence-corrected chi connectivity index (χ2v) is 8.23. The van der Waals surface area contributed by atoms with Crippen LogP contribution in [0, 0.1) is 20.8 Å².